The first-order chi connectivity index (χ1) is 22.7. The van der Waals surface area contributed by atoms with Crippen LogP contribution < -0.4 is 5.32 Å². The molecule has 10 nitrogen and oxygen atoms in total. The fraction of sp³-hybridized carbons (Fsp3) is 0.444. The maximum Gasteiger partial charge on any atom is 0.313 e. The van der Waals surface area contributed by atoms with Gasteiger partial charge in [-0.05, 0) is 37.0 Å². The van der Waals surface area contributed by atoms with E-state index in [0.717, 1.165) is 5.56 Å². The lowest BCUT2D eigenvalue weighted by Gasteiger charge is -2.38. The van der Waals surface area contributed by atoms with E-state index in [1.807, 2.05) is 79.7 Å². The Morgan fingerprint density at radius 1 is 1.00 bits per heavy atom. The zero-order valence-electron chi connectivity index (χ0n) is 26.5. The third-order valence-electron chi connectivity index (χ3n) is 9.72. The minimum Gasteiger partial charge on any atom is -0.455 e. The van der Waals surface area contributed by atoms with Gasteiger partial charge in [0.15, 0.2) is 0 Å². The molecule has 11 heteroatoms. The van der Waals surface area contributed by atoms with Crippen LogP contribution in [0.1, 0.15) is 50.3 Å². The van der Waals surface area contributed by atoms with E-state index in [0.29, 0.717) is 22.9 Å². The number of esters is 1. The van der Waals surface area contributed by atoms with Crippen molar-refractivity contribution in [3.05, 3.63) is 94.5 Å². The summed E-state index contributed by atoms with van der Waals surface area (Å²) in [4.78, 5) is 59.8. The molecule has 2 saturated heterocycles. The Balaban J connectivity index is 1.46. The minimum atomic E-state index is -1.46. The Bertz CT molecular complexity index is 1560. The van der Waals surface area contributed by atoms with E-state index in [2.05, 4.69) is 21.2 Å². The number of benzene rings is 2. The standard InChI is InChI=1S/C36H40BrN3O7/c1-3-25(21-41)40-32-34(44)39(20-23-13-7-4-8-14-23)18-12-6-11-17-27(42)38-22(2)30(24-15-9-5-10-16-24)46-35(45)28-29(33(40)43)36(32)19-26(37)31(28)47-36/h4-10,12-16,19,22,25,28-32,41H,3,11,17-18,20-21H2,1-2H3,(H,38,42)/b12-6-/t22-,25+,28+,29-,30+,31+,32+,36-/m1/s1. The number of hydrogen-bond donors (Lipinski definition) is 2. The number of ether oxygens (including phenoxy) is 2. The van der Waals surface area contributed by atoms with Crippen LogP contribution in [0.25, 0.3) is 0 Å². The fourth-order valence-electron chi connectivity index (χ4n) is 7.46. The molecule has 4 aliphatic heterocycles. The number of hydrogen-bond acceptors (Lipinski definition) is 7. The van der Waals surface area contributed by atoms with Gasteiger partial charge in [-0.3, -0.25) is 19.2 Å². The molecule has 5 bridgehead atoms. The summed E-state index contributed by atoms with van der Waals surface area (Å²) in [7, 11) is 0. The molecular weight excluding hydrogens is 666 g/mol. The summed E-state index contributed by atoms with van der Waals surface area (Å²) < 4.78 is 13.4. The largest absolute Gasteiger partial charge is 0.455 e. The molecule has 4 aliphatic rings. The number of carbonyl (C=O) groups is 4. The molecule has 0 radical (unpaired) electrons. The normalized spacial score (nSPS) is 32.5. The van der Waals surface area contributed by atoms with E-state index < -0.39 is 59.6 Å². The first-order valence-corrected chi connectivity index (χ1v) is 17.0. The highest BCUT2D eigenvalue weighted by atomic mass is 79.9. The highest BCUT2D eigenvalue weighted by molar-refractivity contribution is 9.11. The van der Waals surface area contributed by atoms with Crippen molar-refractivity contribution in [1.82, 2.24) is 15.1 Å². The molecule has 3 amide bonds. The Hall–Kier alpha value is -3.80. The number of aliphatic hydroxyl groups is 1. The molecule has 2 aromatic carbocycles. The van der Waals surface area contributed by atoms with Crippen LogP contribution in [-0.2, 0) is 35.2 Å². The van der Waals surface area contributed by atoms with Crippen molar-refractivity contribution in [2.75, 3.05) is 13.2 Å². The maximum atomic E-state index is 14.8. The summed E-state index contributed by atoms with van der Waals surface area (Å²) in [5.74, 6) is -3.77. The molecular formula is C36H40BrN3O7. The predicted octanol–water partition coefficient (Wildman–Crippen LogP) is 3.80. The van der Waals surface area contributed by atoms with Crippen LogP contribution in [0.5, 0.6) is 0 Å². The minimum absolute atomic E-state index is 0.201. The molecule has 6 rings (SSSR count). The molecule has 0 aliphatic carbocycles. The summed E-state index contributed by atoms with van der Waals surface area (Å²) in [5, 5.41) is 13.4. The van der Waals surface area contributed by atoms with E-state index in [1.165, 1.54) is 4.90 Å². The second-order valence-electron chi connectivity index (χ2n) is 12.7. The number of likely N-dealkylation sites (tertiary alicyclic amines) is 1. The van der Waals surface area contributed by atoms with Gasteiger partial charge in [0.25, 0.3) is 0 Å². The molecule has 0 saturated carbocycles. The van der Waals surface area contributed by atoms with E-state index in [1.54, 1.807) is 17.9 Å². The molecule has 1 spiro atoms. The van der Waals surface area contributed by atoms with Crippen molar-refractivity contribution in [1.29, 1.82) is 0 Å². The average Bonchev–Trinajstić information content (AvgIpc) is 3.67. The predicted molar refractivity (Wildman–Crippen MR) is 177 cm³/mol. The topological polar surface area (TPSA) is 125 Å². The van der Waals surface area contributed by atoms with Gasteiger partial charge in [-0.2, -0.15) is 0 Å². The van der Waals surface area contributed by atoms with Crippen molar-refractivity contribution in [2.45, 2.75) is 75.6 Å². The number of allylic oxidation sites excluding steroid dienone is 1. The Kier molecular flexibility index (Phi) is 9.68. The second-order valence-corrected chi connectivity index (χ2v) is 13.6. The third kappa shape index (κ3) is 6.05. The van der Waals surface area contributed by atoms with Crippen molar-refractivity contribution >= 4 is 39.6 Å². The molecule has 0 aromatic heterocycles. The zero-order chi connectivity index (χ0) is 33.3. The zero-order valence-corrected chi connectivity index (χ0v) is 28.0. The number of amides is 3. The SMILES string of the molecule is CC[C@@H](CO)N1C(=O)[C@H]2[C@@H]3C(=O)O[C@H](c4ccccc4)[C@@H](C)NC(=O)CC/C=C\CN(Cc4ccccc4)C(=O)[C@H]1[C@@]21C=C(Br)[C@@H]3O1. The monoisotopic (exact) mass is 705 g/mol. The number of cyclic esters (lactones) is 1. The van der Waals surface area contributed by atoms with E-state index >= 15 is 0 Å². The van der Waals surface area contributed by atoms with Gasteiger partial charge in [0.2, 0.25) is 17.7 Å². The summed E-state index contributed by atoms with van der Waals surface area (Å²) >= 11 is 3.59. The number of nitrogens with one attached hydrogen (secondary N) is 1. The Morgan fingerprint density at radius 3 is 2.38 bits per heavy atom. The van der Waals surface area contributed by atoms with Crippen LogP contribution in [0, 0.1) is 11.8 Å². The van der Waals surface area contributed by atoms with Crippen molar-refractivity contribution in [3.63, 3.8) is 0 Å². The van der Waals surface area contributed by atoms with E-state index in [9.17, 15) is 24.3 Å². The molecule has 2 N–H and O–H groups in total. The summed E-state index contributed by atoms with van der Waals surface area (Å²) in [6.45, 7) is 3.75. The number of nitrogens with zero attached hydrogens (tertiary/aromatic N) is 2. The Morgan fingerprint density at radius 2 is 1.70 bits per heavy atom. The first-order valence-electron chi connectivity index (χ1n) is 16.2. The molecule has 2 aromatic rings. The quantitative estimate of drug-likeness (QED) is 0.346. The van der Waals surface area contributed by atoms with E-state index in [-0.39, 0.29) is 37.9 Å². The highest BCUT2D eigenvalue weighted by Crippen LogP contribution is 2.59. The fourth-order valence-corrected chi connectivity index (χ4v) is 8.20. The smallest absolute Gasteiger partial charge is 0.313 e. The summed E-state index contributed by atoms with van der Waals surface area (Å²) in [6.07, 6.45) is 4.85. The number of carbonyl (C=O) groups excluding carboxylic acids is 4. The van der Waals surface area contributed by atoms with Crippen LogP contribution in [0.3, 0.4) is 0 Å². The maximum absolute atomic E-state index is 14.8. The number of fused-ring (bicyclic) bond motifs is 2. The van der Waals surface area contributed by atoms with E-state index in [4.69, 9.17) is 9.47 Å². The molecule has 8 atom stereocenters. The highest BCUT2D eigenvalue weighted by Gasteiger charge is 2.75. The van der Waals surface area contributed by atoms with Gasteiger partial charge >= 0.3 is 5.97 Å². The molecule has 0 unspecified atom stereocenters. The third-order valence-corrected chi connectivity index (χ3v) is 10.4. The first kappa shape index (κ1) is 33.1. The van der Waals surface area contributed by atoms with Crippen molar-refractivity contribution in [3.8, 4) is 0 Å². The molecule has 248 valence electrons. The van der Waals surface area contributed by atoms with Crippen LogP contribution in [0.15, 0.2) is 83.4 Å². The lowest BCUT2D eigenvalue weighted by molar-refractivity contribution is -0.162. The Labute approximate surface area is 282 Å². The number of halogens is 1. The molecule has 4 heterocycles. The van der Waals surface area contributed by atoms with Crippen LogP contribution >= 0.6 is 15.9 Å². The van der Waals surface area contributed by atoms with Gasteiger partial charge in [-0.25, -0.2) is 0 Å². The molecule has 2 fully saturated rings. The van der Waals surface area contributed by atoms with Crippen molar-refractivity contribution in [2.24, 2.45) is 11.8 Å². The van der Waals surface area contributed by atoms with Gasteiger partial charge in [0.1, 0.15) is 29.8 Å². The lowest BCUT2D eigenvalue weighted by Crippen LogP contribution is -2.58. The molecule has 47 heavy (non-hydrogen) atoms. The lowest BCUT2D eigenvalue weighted by atomic mass is 9.74. The summed E-state index contributed by atoms with van der Waals surface area (Å²) in [5.41, 5.74) is 0.128. The number of aliphatic hydroxyl groups excluding tert-OH is 1. The average molecular weight is 707 g/mol. The van der Waals surface area contributed by atoms with Crippen LogP contribution in [-0.4, -0.2) is 81.6 Å². The van der Waals surface area contributed by atoms with Crippen molar-refractivity contribution < 1.29 is 33.8 Å². The summed E-state index contributed by atoms with van der Waals surface area (Å²) in [6, 6.07) is 16.3. The van der Waals surface area contributed by atoms with Gasteiger partial charge in [0.05, 0.1) is 24.6 Å². The van der Waals surface area contributed by atoms with Crippen LogP contribution in [0.2, 0.25) is 0 Å². The van der Waals surface area contributed by atoms with Gasteiger partial charge in [-0.1, -0.05) is 95.7 Å². The van der Waals surface area contributed by atoms with Crippen LogP contribution in [0.4, 0.5) is 0 Å². The van der Waals surface area contributed by atoms with Gasteiger partial charge in [-0.15, -0.1) is 0 Å². The van der Waals surface area contributed by atoms with Gasteiger partial charge < -0.3 is 29.7 Å². The van der Waals surface area contributed by atoms with Gasteiger partial charge in [0, 0.05) is 24.0 Å². The second kappa shape index (κ2) is 13.7. The number of rotatable bonds is 6.